The maximum absolute atomic E-state index is 3.75. The molecule has 1 nitrogen and oxygen atoms in total. The lowest BCUT2D eigenvalue weighted by Crippen LogP contribution is -2.39. The normalized spacial score (nSPS) is 20.3. The third-order valence-corrected chi connectivity index (χ3v) is 4.78. The zero-order chi connectivity index (χ0) is 10.5. The Hall–Kier alpha value is 0.01000. The molecule has 1 aliphatic rings. The van der Waals surface area contributed by atoms with Crippen molar-refractivity contribution in [1.82, 2.24) is 5.32 Å². The van der Waals surface area contributed by atoms with E-state index >= 15 is 0 Å². The van der Waals surface area contributed by atoms with Gasteiger partial charge in [0.15, 0.2) is 0 Å². The van der Waals surface area contributed by atoms with Gasteiger partial charge in [-0.25, -0.2) is 0 Å². The predicted octanol–water partition coefficient (Wildman–Crippen LogP) is 3.16. The minimum Gasteiger partial charge on any atom is -0.311 e. The third-order valence-electron chi connectivity index (χ3n) is 2.83. The van der Waals surface area contributed by atoms with Crippen LogP contribution in [-0.2, 0) is 6.42 Å². The molecule has 1 aliphatic heterocycles. The number of nitrogens with one attached hydrogen (secondary N) is 1. The first-order valence-corrected chi connectivity index (χ1v) is 7.74. The van der Waals surface area contributed by atoms with Gasteiger partial charge in [0, 0.05) is 17.0 Å². The molecule has 0 saturated carbocycles. The Morgan fingerprint density at radius 3 is 2.93 bits per heavy atom. The van der Waals surface area contributed by atoms with Crippen molar-refractivity contribution in [3.05, 3.63) is 22.4 Å². The molecule has 0 aliphatic carbocycles. The Morgan fingerprint density at radius 1 is 1.47 bits per heavy atom. The average molecular weight is 241 g/mol. The van der Waals surface area contributed by atoms with Gasteiger partial charge in [0.2, 0.25) is 0 Å². The lowest BCUT2D eigenvalue weighted by atomic mass is 10.1. The second-order valence-electron chi connectivity index (χ2n) is 4.24. The molecule has 0 radical (unpaired) electrons. The lowest BCUT2D eigenvalue weighted by Gasteiger charge is -2.26. The highest BCUT2D eigenvalue weighted by Gasteiger charge is 2.15. The molecule has 1 saturated heterocycles. The summed E-state index contributed by atoms with van der Waals surface area (Å²) in [5.41, 5.74) is 0. The van der Waals surface area contributed by atoms with Crippen LogP contribution in [0.2, 0.25) is 0 Å². The summed E-state index contributed by atoms with van der Waals surface area (Å²) in [7, 11) is 0. The summed E-state index contributed by atoms with van der Waals surface area (Å²) in [6, 6.07) is 5.77. The Morgan fingerprint density at radius 2 is 2.27 bits per heavy atom. The number of thioether (sulfide) groups is 1. The van der Waals surface area contributed by atoms with Crippen LogP contribution in [-0.4, -0.2) is 23.6 Å². The van der Waals surface area contributed by atoms with E-state index in [-0.39, 0.29) is 0 Å². The molecule has 0 bridgehead atoms. The van der Waals surface area contributed by atoms with Gasteiger partial charge < -0.3 is 5.32 Å². The molecular weight excluding hydrogens is 222 g/mol. The first-order valence-electron chi connectivity index (χ1n) is 5.71. The van der Waals surface area contributed by atoms with E-state index in [0.717, 1.165) is 6.04 Å². The van der Waals surface area contributed by atoms with Crippen LogP contribution in [0, 0.1) is 0 Å². The topological polar surface area (TPSA) is 12.0 Å². The Labute approximate surface area is 101 Å². The summed E-state index contributed by atoms with van der Waals surface area (Å²) < 4.78 is 0. The highest BCUT2D eigenvalue weighted by Crippen LogP contribution is 2.18. The predicted molar refractivity (Wildman–Crippen MR) is 71.0 cm³/mol. The third kappa shape index (κ3) is 3.82. The first-order chi connectivity index (χ1) is 7.34. The quantitative estimate of drug-likeness (QED) is 0.869. The van der Waals surface area contributed by atoms with Gasteiger partial charge in [0.25, 0.3) is 0 Å². The van der Waals surface area contributed by atoms with Gasteiger partial charge in [-0.3, -0.25) is 0 Å². The smallest absolute Gasteiger partial charge is 0.00896 e. The maximum atomic E-state index is 3.75. The van der Waals surface area contributed by atoms with Gasteiger partial charge in [0.05, 0.1) is 0 Å². The molecule has 1 unspecified atom stereocenters. The fourth-order valence-corrected chi connectivity index (χ4v) is 4.00. The molecular formula is C12H19NS2. The first kappa shape index (κ1) is 11.5. The minimum atomic E-state index is 0.622. The molecule has 1 atom stereocenters. The van der Waals surface area contributed by atoms with Crippen molar-refractivity contribution in [3.63, 3.8) is 0 Å². The van der Waals surface area contributed by atoms with E-state index in [4.69, 9.17) is 0 Å². The fraction of sp³-hybridized carbons (Fsp3) is 0.667. The second kappa shape index (κ2) is 5.92. The number of hydrogen-bond donors (Lipinski definition) is 1. The highest BCUT2D eigenvalue weighted by atomic mass is 32.2. The molecule has 1 aromatic rings. The van der Waals surface area contributed by atoms with Crippen molar-refractivity contribution >= 4 is 23.1 Å². The molecule has 84 valence electrons. The van der Waals surface area contributed by atoms with Gasteiger partial charge in [-0.05, 0) is 49.1 Å². The second-order valence-corrected chi connectivity index (χ2v) is 6.49. The van der Waals surface area contributed by atoms with Gasteiger partial charge in [-0.1, -0.05) is 6.07 Å². The van der Waals surface area contributed by atoms with Crippen LogP contribution in [0.4, 0.5) is 0 Å². The zero-order valence-electron chi connectivity index (χ0n) is 9.24. The van der Waals surface area contributed by atoms with Crippen molar-refractivity contribution < 1.29 is 0 Å². The van der Waals surface area contributed by atoms with Crippen molar-refractivity contribution in [2.24, 2.45) is 0 Å². The van der Waals surface area contributed by atoms with Crippen molar-refractivity contribution in [2.75, 3.05) is 11.5 Å². The lowest BCUT2D eigenvalue weighted by molar-refractivity contribution is 0.422. The van der Waals surface area contributed by atoms with E-state index in [9.17, 15) is 0 Å². The van der Waals surface area contributed by atoms with Crippen LogP contribution in [0.25, 0.3) is 0 Å². The minimum absolute atomic E-state index is 0.622. The Bertz CT molecular complexity index is 265. The summed E-state index contributed by atoms with van der Waals surface area (Å²) >= 11 is 3.96. The molecule has 3 heteroatoms. The Balaban J connectivity index is 1.74. The van der Waals surface area contributed by atoms with E-state index in [2.05, 4.69) is 41.5 Å². The summed E-state index contributed by atoms with van der Waals surface area (Å²) in [5, 5.41) is 5.92. The van der Waals surface area contributed by atoms with Crippen LogP contribution in [0.5, 0.6) is 0 Å². The van der Waals surface area contributed by atoms with E-state index in [1.54, 1.807) is 0 Å². The SMILES string of the molecule is CC(Cc1cccs1)NC1CCSCC1. The van der Waals surface area contributed by atoms with Crippen LogP contribution in [0.3, 0.4) is 0 Å². The molecule has 0 aromatic carbocycles. The van der Waals surface area contributed by atoms with E-state index < -0.39 is 0 Å². The average Bonchev–Trinajstić information content (AvgIpc) is 2.71. The summed E-state index contributed by atoms with van der Waals surface area (Å²) in [4.78, 5) is 1.50. The van der Waals surface area contributed by atoms with Crippen molar-refractivity contribution in [2.45, 2.75) is 38.3 Å². The molecule has 2 heterocycles. The fourth-order valence-electron chi connectivity index (χ4n) is 2.06. The van der Waals surface area contributed by atoms with Crippen LogP contribution < -0.4 is 5.32 Å². The summed E-state index contributed by atoms with van der Waals surface area (Å²) in [6.45, 7) is 2.31. The molecule has 0 amide bonds. The zero-order valence-corrected chi connectivity index (χ0v) is 10.9. The number of rotatable bonds is 4. The molecule has 1 N–H and O–H groups in total. The summed E-state index contributed by atoms with van der Waals surface area (Å²) in [6.07, 6.45) is 3.88. The van der Waals surface area contributed by atoms with Gasteiger partial charge in [-0.15, -0.1) is 11.3 Å². The van der Waals surface area contributed by atoms with Crippen LogP contribution in [0.15, 0.2) is 17.5 Å². The van der Waals surface area contributed by atoms with Gasteiger partial charge in [-0.2, -0.15) is 11.8 Å². The van der Waals surface area contributed by atoms with Crippen molar-refractivity contribution in [1.29, 1.82) is 0 Å². The monoisotopic (exact) mass is 241 g/mol. The van der Waals surface area contributed by atoms with Crippen molar-refractivity contribution in [3.8, 4) is 0 Å². The molecule has 15 heavy (non-hydrogen) atoms. The summed E-state index contributed by atoms with van der Waals surface area (Å²) in [5.74, 6) is 2.67. The molecule has 0 spiro atoms. The number of thiophene rings is 1. The van der Waals surface area contributed by atoms with Crippen LogP contribution in [0.1, 0.15) is 24.6 Å². The standard InChI is InChI=1S/C12H19NS2/c1-10(9-12-3-2-6-15-12)13-11-4-7-14-8-5-11/h2-3,6,10-11,13H,4-5,7-9H2,1H3. The molecule has 1 fully saturated rings. The van der Waals surface area contributed by atoms with E-state index in [1.165, 1.54) is 35.6 Å². The van der Waals surface area contributed by atoms with Gasteiger partial charge in [0.1, 0.15) is 0 Å². The molecule has 1 aromatic heterocycles. The maximum Gasteiger partial charge on any atom is 0.00896 e. The van der Waals surface area contributed by atoms with Gasteiger partial charge >= 0.3 is 0 Å². The van der Waals surface area contributed by atoms with Crippen LogP contribution >= 0.6 is 23.1 Å². The van der Waals surface area contributed by atoms with E-state index in [0.29, 0.717) is 6.04 Å². The largest absolute Gasteiger partial charge is 0.311 e. The molecule has 2 rings (SSSR count). The highest BCUT2D eigenvalue weighted by molar-refractivity contribution is 7.99. The van der Waals surface area contributed by atoms with E-state index in [1.807, 2.05) is 11.3 Å². The Kier molecular flexibility index (Phi) is 4.54. The number of hydrogen-bond acceptors (Lipinski definition) is 3.